The molecule has 4 aromatic rings. The van der Waals surface area contributed by atoms with Crippen molar-refractivity contribution in [3.8, 4) is 23.0 Å². The molecule has 184 valence electrons. The molecule has 0 amide bonds. The van der Waals surface area contributed by atoms with Gasteiger partial charge in [0.1, 0.15) is 11.4 Å². The first-order valence-electron chi connectivity index (χ1n) is 10.7. The van der Waals surface area contributed by atoms with Crippen LogP contribution in [-0.2, 0) is 0 Å². The fourth-order valence-electron chi connectivity index (χ4n) is 3.38. The lowest BCUT2D eigenvalue weighted by Gasteiger charge is -2.14. The molecule has 0 bridgehead atoms. The molecule has 0 aliphatic carbocycles. The number of hydrogen-bond acceptors (Lipinski definition) is 7. The first-order valence-corrected chi connectivity index (χ1v) is 10.7. The van der Waals surface area contributed by atoms with Crippen LogP contribution in [-0.4, -0.2) is 39.0 Å². The van der Waals surface area contributed by atoms with E-state index in [1.165, 1.54) is 41.0 Å². The minimum absolute atomic E-state index is 0.0805. The van der Waals surface area contributed by atoms with E-state index >= 15 is 0 Å². The van der Waals surface area contributed by atoms with Gasteiger partial charge < -0.3 is 15.2 Å². The van der Waals surface area contributed by atoms with Gasteiger partial charge in [-0.25, -0.2) is 14.4 Å². The van der Waals surface area contributed by atoms with Crippen molar-refractivity contribution in [2.24, 2.45) is 10.7 Å². The number of methoxy groups -OCH3 is 1. The minimum Gasteiger partial charge on any atom is -0.494 e. The lowest BCUT2D eigenvalue weighted by Crippen LogP contribution is -2.21. The van der Waals surface area contributed by atoms with Crippen LogP contribution in [0, 0.1) is 0 Å². The van der Waals surface area contributed by atoms with E-state index in [-0.39, 0.29) is 17.0 Å². The summed E-state index contributed by atoms with van der Waals surface area (Å²) in [4.78, 5) is 17.3. The van der Waals surface area contributed by atoms with E-state index in [0.717, 1.165) is 0 Å². The van der Waals surface area contributed by atoms with Gasteiger partial charge in [0.25, 0.3) is 0 Å². The van der Waals surface area contributed by atoms with Gasteiger partial charge in [0.2, 0.25) is 11.3 Å². The van der Waals surface area contributed by atoms with E-state index in [1.54, 1.807) is 43.3 Å². The van der Waals surface area contributed by atoms with Gasteiger partial charge in [0.05, 0.1) is 30.4 Å². The largest absolute Gasteiger partial charge is 0.494 e. The van der Waals surface area contributed by atoms with Crippen molar-refractivity contribution in [2.45, 2.75) is 13.5 Å². The van der Waals surface area contributed by atoms with E-state index in [0.29, 0.717) is 34.2 Å². The van der Waals surface area contributed by atoms with E-state index in [9.17, 15) is 13.6 Å². The fraction of sp³-hybridized carbons (Fsp3) is 0.120. The minimum atomic E-state index is -3.00. The molecule has 2 heterocycles. The third-order valence-electron chi connectivity index (χ3n) is 4.89. The summed E-state index contributed by atoms with van der Waals surface area (Å²) in [5, 5.41) is 8.54. The summed E-state index contributed by atoms with van der Waals surface area (Å²) in [6.45, 7) is -1.31. The number of nitrogens with two attached hydrogens (primary N) is 1. The van der Waals surface area contributed by atoms with Crippen molar-refractivity contribution >= 4 is 11.4 Å². The van der Waals surface area contributed by atoms with Crippen LogP contribution in [0.2, 0.25) is 0 Å². The van der Waals surface area contributed by atoms with Gasteiger partial charge in [-0.3, -0.25) is 4.79 Å². The summed E-state index contributed by atoms with van der Waals surface area (Å²) < 4.78 is 38.2. The number of allylic oxidation sites excluding steroid dienone is 2. The van der Waals surface area contributed by atoms with Crippen LogP contribution >= 0.6 is 0 Å². The van der Waals surface area contributed by atoms with E-state index in [1.807, 2.05) is 18.2 Å². The van der Waals surface area contributed by atoms with Crippen LogP contribution in [0.25, 0.3) is 11.4 Å². The SMILES string of the molecule is COc1cc(-n2nccc2OC(F)F)ccc1-n1ccc(=O)c(C(C=C(C)N)=Nc2ccccc2)n1. The number of aromatic nitrogens is 4. The zero-order valence-corrected chi connectivity index (χ0v) is 19.4. The zero-order valence-electron chi connectivity index (χ0n) is 19.4. The second-order valence-electron chi connectivity index (χ2n) is 7.51. The molecular weight excluding hydrogens is 470 g/mol. The van der Waals surface area contributed by atoms with Crippen LogP contribution in [0.3, 0.4) is 0 Å². The summed E-state index contributed by atoms with van der Waals surface area (Å²) in [5.74, 6) is 0.217. The molecule has 0 atom stereocenters. The number of rotatable bonds is 8. The Morgan fingerprint density at radius 2 is 1.92 bits per heavy atom. The van der Waals surface area contributed by atoms with E-state index in [4.69, 9.17) is 10.5 Å². The monoisotopic (exact) mass is 492 g/mol. The van der Waals surface area contributed by atoms with Gasteiger partial charge in [-0.15, -0.1) is 0 Å². The first-order chi connectivity index (χ1) is 17.4. The maximum absolute atomic E-state index is 12.8. The summed E-state index contributed by atoms with van der Waals surface area (Å²) in [6, 6.07) is 16.7. The normalized spacial score (nSPS) is 12.1. The maximum atomic E-state index is 12.8. The number of ether oxygens (including phenoxy) is 2. The first kappa shape index (κ1) is 24.3. The molecule has 0 fully saturated rings. The van der Waals surface area contributed by atoms with Crippen LogP contribution in [0.4, 0.5) is 14.5 Å². The maximum Gasteiger partial charge on any atom is 0.388 e. The van der Waals surface area contributed by atoms with Crippen molar-refractivity contribution in [3.05, 3.63) is 101 Å². The number of benzene rings is 2. The van der Waals surface area contributed by atoms with Gasteiger partial charge in [-0.1, -0.05) is 18.2 Å². The third kappa shape index (κ3) is 5.46. The van der Waals surface area contributed by atoms with Crippen molar-refractivity contribution < 1.29 is 18.3 Å². The molecule has 0 aliphatic rings. The quantitative estimate of drug-likeness (QED) is 0.372. The Balaban J connectivity index is 1.79. The third-order valence-corrected chi connectivity index (χ3v) is 4.89. The average Bonchev–Trinajstić information content (AvgIpc) is 3.31. The van der Waals surface area contributed by atoms with Gasteiger partial charge in [0, 0.05) is 30.1 Å². The highest BCUT2D eigenvalue weighted by Crippen LogP contribution is 2.28. The highest BCUT2D eigenvalue weighted by Gasteiger charge is 2.16. The molecule has 2 N–H and O–H groups in total. The van der Waals surface area contributed by atoms with Crippen LogP contribution in [0.1, 0.15) is 12.6 Å². The summed E-state index contributed by atoms with van der Waals surface area (Å²) in [5.41, 5.74) is 7.90. The second-order valence-corrected chi connectivity index (χ2v) is 7.51. The summed E-state index contributed by atoms with van der Waals surface area (Å²) >= 11 is 0. The van der Waals surface area contributed by atoms with Gasteiger partial charge in [0.15, 0.2) is 5.69 Å². The Morgan fingerprint density at radius 1 is 1.14 bits per heavy atom. The highest BCUT2D eigenvalue weighted by molar-refractivity contribution is 6.08. The molecule has 0 unspecified atom stereocenters. The van der Waals surface area contributed by atoms with Gasteiger partial charge in [-0.05, 0) is 37.3 Å². The van der Waals surface area contributed by atoms with Crippen LogP contribution in [0.5, 0.6) is 11.6 Å². The number of alkyl halides is 2. The number of para-hydroxylation sites is 1. The lowest BCUT2D eigenvalue weighted by atomic mass is 10.2. The summed E-state index contributed by atoms with van der Waals surface area (Å²) in [7, 11) is 1.45. The molecule has 11 heteroatoms. The van der Waals surface area contributed by atoms with Crippen molar-refractivity contribution in [3.63, 3.8) is 0 Å². The van der Waals surface area contributed by atoms with Gasteiger partial charge >= 0.3 is 6.61 Å². The fourth-order valence-corrected chi connectivity index (χ4v) is 3.38. The second kappa shape index (κ2) is 10.6. The van der Waals surface area contributed by atoms with Crippen molar-refractivity contribution in [1.29, 1.82) is 0 Å². The molecule has 4 rings (SSSR count). The van der Waals surface area contributed by atoms with Crippen molar-refractivity contribution in [2.75, 3.05) is 7.11 Å². The molecule has 9 nitrogen and oxygen atoms in total. The predicted molar refractivity (Wildman–Crippen MR) is 131 cm³/mol. The zero-order chi connectivity index (χ0) is 25.7. The molecule has 2 aromatic heterocycles. The highest BCUT2D eigenvalue weighted by atomic mass is 19.3. The summed E-state index contributed by atoms with van der Waals surface area (Å²) in [6.07, 6.45) is 4.40. The molecule has 2 aromatic carbocycles. The van der Waals surface area contributed by atoms with Crippen LogP contribution in [0.15, 0.2) is 94.6 Å². The van der Waals surface area contributed by atoms with E-state index < -0.39 is 6.61 Å². The molecule has 0 aliphatic heterocycles. The van der Waals surface area contributed by atoms with Gasteiger partial charge in [-0.2, -0.15) is 19.0 Å². The molecule has 0 saturated heterocycles. The number of nitrogens with zero attached hydrogens (tertiary/aromatic N) is 5. The number of aliphatic imine (C=N–C) groups is 1. The Hall–Kier alpha value is -4.80. The van der Waals surface area contributed by atoms with E-state index in [2.05, 4.69) is 19.9 Å². The predicted octanol–water partition coefficient (Wildman–Crippen LogP) is 4.01. The Morgan fingerprint density at radius 3 is 2.61 bits per heavy atom. The number of halogens is 2. The number of hydrogen-bond donors (Lipinski definition) is 1. The Bertz CT molecular complexity index is 1470. The lowest BCUT2D eigenvalue weighted by molar-refractivity contribution is -0.0544. The van der Waals surface area contributed by atoms with Crippen molar-refractivity contribution in [1.82, 2.24) is 19.6 Å². The smallest absolute Gasteiger partial charge is 0.388 e. The molecule has 36 heavy (non-hydrogen) atoms. The molecule has 0 saturated carbocycles. The average molecular weight is 492 g/mol. The Labute approximate surface area is 204 Å². The standard InChI is InChI=1S/C25H22F2N6O3/c1-16(28)14-19(30-17-6-4-3-5-7-17)24-21(34)11-13-32(31-24)20-9-8-18(15-22(20)35-2)33-23(10-12-29-33)36-25(26)27/h3-15,25H,28H2,1-2H3. The van der Waals surface area contributed by atoms with Crippen LogP contribution < -0.4 is 20.6 Å². The molecular formula is C25H22F2N6O3. The molecule has 0 spiro atoms. The Kier molecular flexibility index (Phi) is 7.19. The topological polar surface area (TPSA) is 110 Å². The molecule has 0 radical (unpaired) electrons.